The molecular formula is C17H22FN3O2S. The molecule has 1 atom stereocenters. The van der Waals surface area contributed by atoms with Crippen molar-refractivity contribution in [3.8, 4) is 0 Å². The van der Waals surface area contributed by atoms with Crippen LogP contribution in [0, 0.1) is 5.82 Å². The highest BCUT2D eigenvalue weighted by Crippen LogP contribution is 2.14. The highest BCUT2D eigenvalue weighted by molar-refractivity contribution is 7.99. The molecule has 0 aliphatic carbocycles. The fraction of sp³-hybridized carbons (Fsp3) is 0.529. The van der Waals surface area contributed by atoms with Crippen molar-refractivity contribution in [2.45, 2.75) is 18.9 Å². The van der Waals surface area contributed by atoms with Crippen molar-refractivity contribution in [2.75, 3.05) is 37.8 Å². The van der Waals surface area contributed by atoms with Gasteiger partial charge in [0.25, 0.3) is 0 Å². The highest BCUT2D eigenvalue weighted by atomic mass is 32.2. The third-order valence-corrected chi connectivity index (χ3v) is 5.38. The lowest BCUT2D eigenvalue weighted by Crippen LogP contribution is -2.46. The van der Waals surface area contributed by atoms with E-state index in [0.29, 0.717) is 26.2 Å². The molecule has 24 heavy (non-hydrogen) atoms. The van der Waals surface area contributed by atoms with Gasteiger partial charge in [-0.05, 0) is 24.1 Å². The van der Waals surface area contributed by atoms with E-state index >= 15 is 0 Å². The van der Waals surface area contributed by atoms with Crippen molar-refractivity contribution < 1.29 is 14.0 Å². The summed E-state index contributed by atoms with van der Waals surface area (Å²) >= 11 is 1.74. The van der Waals surface area contributed by atoms with Gasteiger partial charge in [0.1, 0.15) is 5.82 Å². The lowest BCUT2D eigenvalue weighted by molar-refractivity contribution is -0.134. The summed E-state index contributed by atoms with van der Waals surface area (Å²) in [5, 5.41) is 3.21. The number of nitrogens with one attached hydrogen (secondary N) is 1. The van der Waals surface area contributed by atoms with Gasteiger partial charge in [0.2, 0.25) is 11.8 Å². The summed E-state index contributed by atoms with van der Waals surface area (Å²) in [6, 6.07) is 5.95. The van der Waals surface area contributed by atoms with E-state index in [-0.39, 0.29) is 30.1 Å². The molecule has 0 saturated carbocycles. The summed E-state index contributed by atoms with van der Waals surface area (Å²) in [4.78, 5) is 28.6. The van der Waals surface area contributed by atoms with Crippen LogP contribution in [0.2, 0.25) is 0 Å². The zero-order chi connectivity index (χ0) is 16.9. The van der Waals surface area contributed by atoms with Gasteiger partial charge in [-0.3, -0.25) is 14.9 Å². The number of hydrogen-bond donors (Lipinski definition) is 1. The van der Waals surface area contributed by atoms with Crippen molar-refractivity contribution in [3.05, 3.63) is 35.6 Å². The van der Waals surface area contributed by atoms with E-state index < -0.39 is 0 Å². The third kappa shape index (κ3) is 4.27. The van der Waals surface area contributed by atoms with Gasteiger partial charge < -0.3 is 9.80 Å². The van der Waals surface area contributed by atoms with E-state index in [1.54, 1.807) is 23.9 Å². The number of amides is 2. The van der Waals surface area contributed by atoms with Crippen molar-refractivity contribution in [3.63, 3.8) is 0 Å². The molecule has 2 saturated heterocycles. The van der Waals surface area contributed by atoms with Gasteiger partial charge >= 0.3 is 0 Å². The van der Waals surface area contributed by atoms with Crippen LogP contribution in [0.15, 0.2) is 24.3 Å². The topological polar surface area (TPSA) is 52.7 Å². The molecule has 0 radical (unpaired) electrons. The van der Waals surface area contributed by atoms with Gasteiger partial charge in [-0.15, -0.1) is 11.8 Å². The van der Waals surface area contributed by atoms with Crippen LogP contribution < -0.4 is 5.32 Å². The van der Waals surface area contributed by atoms with E-state index in [2.05, 4.69) is 5.32 Å². The molecule has 3 rings (SSSR count). The molecule has 5 nitrogen and oxygen atoms in total. The number of benzene rings is 1. The maximum atomic E-state index is 12.9. The number of thioether (sulfide) groups is 1. The van der Waals surface area contributed by atoms with Crippen LogP contribution in [-0.4, -0.2) is 65.5 Å². The van der Waals surface area contributed by atoms with Gasteiger partial charge in [0.05, 0.1) is 12.5 Å². The summed E-state index contributed by atoms with van der Waals surface area (Å²) in [5.74, 6) is 1.53. The fourth-order valence-electron chi connectivity index (χ4n) is 3.05. The predicted octanol–water partition coefficient (Wildman–Crippen LogP) is 1.09. The smallest absolute Gasteiger partial charge is 0.240 e. The first-order valence-corrected chi connectivity index (χ1v) is 9.41. The van der Waals surface area contributed by atoms with Crippen molar-refractivity contribution in [2.24, 2.45) is 0 Å². The number of carbonyl (C=O) groups excluding carboxylic acids is 2. The minimum absolute atomic E-state index is 0.0328. The molecule has 1 N–H and O–H groups in total. The van der Waals surface area contributed by atoms with Gasteiger partial charge in [-0.25, -0.2) is 4.39 Å². The SMILES string of the molecule is O=C(Cc1ccc(F)cc1)N1CCCN(C(=O)C2CSCN2)CC1. The molecule has 2 heterocycles. The minimum Gasteiger partial charge on any atom is -0.341 e. The molecule has 2 aliphatic rings. The molecule has 0 bridgehead atoms. The summed E-state index contributed by atoms with van der Waals surface area (Å²) < 4.78 is 12.9. The number of nitrogens with zero attached hydrogens (tertiary/aromatic N) is 2. The largest absolute Gasteiger partial charge is 0.341 e. The van der Waals surface area contributed by atoms with Crippen molar-refractivity contribution in [1.82, 2.24) is 15.1 Å². The Morgan fingerprint density at radius 2 is 1.83 bits per heavy atom. The van der Waals surface area contributed by atoms with Gasteiger partial charge in [-0.2, -0.15) is 0 Å². The Labute approximate surface area is 145 Å². The quantitative estimate of drug-likeness (QED) is 0.886. The molecular weight excluding hydrogens is 329 g/mol. The predicted molar refractivity (Wildman–Crippen MR) is 92.1 cm³/mol. The molecule has 2 amide bonds. The first kappa shape index (κ1) is 17.2. The second kappa shape index (κ2) is 7.98. The molecule has 0 aromatic heterocycles. The number of hydrogen-bond acceptors (Lipinski definition) is 4. The van der Waals surface area contributed by atoms with Crippen LogP contribution in [0.5, 0.6) is 0 Å². The normalized spacial score (nSPS) is 21.6. The average molecular weight is 351 g/mol. The Balaban J connectivity index is 1.53. The van der Waals surface area contributed by atoms with Gasteiger partial charge in [0.15, 0.2) is 0 Å². The zero-order valence-electron chi connectivity index (χ0n) is 13.5. The number of carbonyl (C=O) groups is 2. The monoisotopic (exact) mass is 351 g/mol. The number of halogens is 1. The Morgan fingerprint density at radius 3 is 2.54 bits per heavy atom. The summed E-state index contributed by atoms with van der Waals surface area (Å²) in [7, 11) is 0. The lowest BCUT2D eigenvalue weighted by Gasteiger charge is -2.24. The fourth-order valence-corrected chi connectivity index (χ4v) is 3.98. The Kier molecular flexibility index (Phi) is 5.73. The molecule has 2 aliphatic heterocycles. The van der Waals surface area contributed by atoms with E-state index in [1.807, 2.05) is 9.80 Å². The van der Waals surface area contributed by atoms with E-state index in [9.17, 15) is 14.0 Å². The second-order valence-corrected chi connectivity index (χ2v) is 7.16. The average Bonchev–Trinajstić information content (AvgIpc) is 3.00. The standard InChI is InChI=1S/C17H22FN3O2S/c18-14-4-2-13(3-5-14)10-16(22)20-6-1-7-21(9-8-20)17(23)15-11-24-12-19-15/h2-5,15,19H,1,6-12H2. The summed E-state index contributed by atoms with van der Waals surface area (Å²) in [6.07, 6.45) is 1.07. The third-order valence-electron chi connectivity index (χ3n) is 4.44. The van der Waals surface area contributed by atoms with Crippen LogP contribution in [0.4, 0.5) is 4.39 Å². The van der Waals surface area contributed by atoms with Crippen LogP contribution in [0.3, 0.4) is 0 Å². The van der Waals surface area contributed by atoms with E-state index in [0.717, 1.165) is 23.6 Å². The summed E-state index contributed by atoms with van der Waals surface area (Å²) in [5.41, 5.74) is 0.811. The highest BCUT2D eigenvalue weighted by Gasteiger charge is 2.29. The molecule has 1 aromatic carbocycles. The van der Waals surface area contributed by atoms with Gasteiger partial charge in [-0.1, -0.05) is 12.1 Å². The molecule has 1 aromatic rings. The second-order valence-electron chi connectivity index (χ2n) is 6.13. The van der Waals surface area contributed by atoms with Crippen LogP contribution >= 0.6 is 11.8 Å². The molecule has 7 heteroatoms. The minimum atomic E-state index is -0.297. The van der Waals surface area contributed by atoms with Crippen molar-refractivity contribution >= 4 is 23.6 Å². The molecule has 0 spiro atoms. The first-order valence-electron chi connectivity index (χ1n) is 8.25. The lowest BCUT2D eigenvalue weighted by atomic mass is 10.1. The Hall–Kier alpha value is -1.60. The van der Waals surface area contributed by atoms with E-state index in [1.165, 1.54) is 12.1 Å². The van der Waals surface area contributed by atoms with Crippen LogP contribution in [0.1, 0.15) is 12.0 Å². The first-order chi connectivity index (χ1) is 11.6. The number of rotatable bonds is 3. The Bertz CT molecular complexity index is 590. The van der Waals surface area contributed by atoms with Crippen LogP contribution in [-0.2, 0) is 16.0 Å². The van der Waals surface area contributed by atoms with Crippen molar-refractivity contribution in [1.29, 1.82) is 0 Å². The van der Waals surface area contributed by atoms with Crippen LogP contribution in [0.25, 0.3) is 0 Å². The maximum absolute atomic E-state index is 12.9. The molecule has 1 unspecified atom stereocenters. The zero-order valence-corrected chi connectivity index (χ0v) is 14.4. The molecule has 2 fully saturated rings. The van der Waals surface area contributed by atoms with Gasteiger partial charge in [0, 0.05) is 37.8 Å². The maximum Gasteiger partial charge on any atom is 0.240 e. The Morgan fingerprint density at radius 1 is 1.12 bits per heavy atom. The van der Waals surface area contributed by atoms with E-state index in [4.69, 9.17) is 0 Å². The molecule has 130 valence electrons. The summed E-state index contributed by atoms with van der Waals surface area (Å²) in [6.45, 7) is 2.50.